The largest absolute Gasteiger partial charge is 0.478 e. The molecule has 4 aromatic rings. The van der Waals surface area contributed by atoms with Crippen molar-refractivity contribution >= 4 is 39.2 Å². The lowest BCUT2D eigenvalue weighted by Crippen LogP contribution is -2.29. The van der Waals surface area contributed by atoms with Crippen LogP contribution < -0.4 is 16.6 Å². The van der Waals surface area contributed by atoms with E-state index >= 15 is 0 Å². The first-order valence-corrected chi connectivity index (χ1v) is 8.49. The average Bonchev–Trinajstić information content (AvgIpc) is 3.06. The predicted molar refractivity (Wildman–Crippen MR) is 108 cm³/mol. The maximum Gasteiger partial charge on any atom is 0.335 e. The number of nitrogens with two attached hydrogens (primary N) is 2. The molecule has 0 saturated carbocycles. The summed E-state index contributed by atoms with van der Waals surface area (Å²) in [5, 5.41) is 12.0. The van der Waals surface area contributed by atoms with Crippen molar-refractivity contribution < 1.29 is 14.3 Å². The second-order valence-corrected chi connectivity index (χ2v) is 6.35. The molecule has 6 nitrogen and oxygen atoms in total. The minimum Gasteiger partial charge on any atom is -0.478 e. The number of anilines is 1. The van der Waals surface area contributed by atoms with Gasteiger partial charge in [-0.15, -0.1) is 0 Å². The van der Waals surface area contributed by atoms with Crippen molar-refractivity contribution in [2.45, 2.75) is 0 Å². The van der Waals surface area contributed by atoms with Crippen LogP contribution >= 0.6 is 0 Å². The molecule has 28 heavy (non-hydrogen) atoms. The number of carbonyl (C=O) groups is 1. The van der Waals surface area contributed by atoms with Gasteiger partial charge in [0.25, 0.3) is 0 Å². The molecule has 0 aliphatic rings. The molecule has 0 fully saturated rings. The molecule has 140 valence electrons. The van der Waals surface area contributed by atoms with Crippen molar-refractivity contribution in [1.29, 1.82) is 0 Å². The van der Waals surface area contributed by atoms with Crippen molar-refractivity contribution in [3.05, 3.63) is 83.8 Å². The van der Waals surface area contributed by atoms with E-state index < -0.39 is 5.97 Å². The van der Waals surface area contributed by atoms with Crippen LogP contribution in [0.3, 0.4) is 0 Å². The van der Waals surface area contributed by atoms with Gasteiger partial charge in [0.05, 0.1) is 16.9 Å². The number of nitrogens with zero attached hydrogens (tertiary/aromatic N) is 1. The number of H-pyrrole nitrogens is 1. The third-order valence-corrected chi connectivity index (χ3v) is 4.67. The quantitative estimate of drug-likeness (QED) is 0.320. The van der Waals surface area contributed by atoms with Crippen LogP contribution in [0.2, 0.25) is 0 Å². The molecule has 0 aliphatic heterocycles. The smallest absolute Gasteiger partial charge is 0.335 e. The van der Waals surface area contributed by atoms with Gasteiger partial charge in [0.15, 0.2) is 0 Å². The molecule has 0 amide bonds. The molecule has 1 aromatic heterocycles. The van der Waals surface area contributed by atoms with Crippen LogP contribution in [0.25, 0.3) is 27.5 Å². The number of halogens is 1. The minimum absolute atomic E-state index is 0.172. The second-order valence-electron chi connectivity index (χ2n) is 6.35. The molecule has 0 saturated heterocycles. The number of rotatable bonds is 4. The van der Waals surface area contributed by atoms with Gasteiger partial charge in [0, 0.05) is 33.6 Å². The average molecular weight is 376 g/mol. The lowest BCUT2D eigenvalue weighted by atomic mass is 10.1. The standard InChI is InChI=1S/C21H17FN4O2/c22-14-5-7-18-16(9-14)17-10-15(6-8-19(17)25-18)26(24)20(11-23)12-1-3-13(4-2-12)21(27)28/h1-11,25H,23-24H2,(H,27,28)/b20-11-. The highest BCUT2D eigenvalue weighted by Crippen LogP contribution is 2.31. The van der Waals surface area contributed by atoms with Crippen molar-refractivity contribution in [3.63, 3.8) is 0 Å². The summed E-state index contributed by atoms with van der Waals surface area (Å²) >= 11 is 0. The van der Waals surface area contributed by atoms with E-state index in [1.54, 1.807) is 18.2 Å². The van der Waals surface area contributed by atoms with E-state index in [-0.39, 0.29) is 11.4 Å². The van der Waals surface area contributed by atoms with Crippen LogP contribution in [0.15, 0.2) is 66.9 Å². The van der Waals surface area contributed by atoms with E-state index in [0.29, 0.717) is 16.9 Å². The Kier molecular flexibility index (Phi) is 4.21. The van der Waals surface area contributed by atoms with Gasteiger partial charge >= 0.3 is 5.97 Å². The van der Waals surface area contributed by atoms with Crippen molar-refractivity contribution in [3.8, 4) is 0 Å². The molecular weight excluding hydrogens is 359 g/mol. The lowest BCUT2D eigenvalue weighted by Gasteiger charge is -2.22. The highest BCUT2D eigenvalue weighted by molar-refractivity contribution is 6.08. The monoisotopic (exact) mass is 376 g/mol. The first-order chi connectivity index (χ1) is 13.5. The zero-order valence-corrected chi connectivity index (χ0v) is 14.7. The summed E-state index contributed by atoms with van der Waals surface area (Å²) in [6, 6.07) is 16.4. The number of fused-ring (bicyclic) bond motifs is 3. The molecule has 0 spiro atoms. The maximum atomic E-state index is 13.7. The fraction of sp³-hybridized carbons (Fsp3) is 0. The molecule has 0 bridgehead atoms. The summed E-state index contributed by atoms with van der Waals surface area (Å²) in [4.78, 5) is 14.3. The molecule has 1 heterocycles. The van der Waals surface area contributed by atoms with Crippen LogP contribution in [-0.2, 0) is 0 Å². The lowest BCUT2D eigenvalue weighted by molar-refractivity contribution is 0.0697. The summed E-state index contributed by atoms with van der Waals surface area (Å²) in [6.45, 7) is 0. The number of hydrogen-bond donors (Lipinski definition) is 4. The van der Waals surface area contributed by atoms with Gasteiger partial charge in [0.1, 0.15) is 5.82 Å². The molecule has 0 aliphatic carbocycles. The van der Waals surface area contributed by atoms with Crippen LogP contribution in [-0.4, -0.2) is 16.1 Å². The highest BCUT2D eigenvalue weighted by Gasteiger charge is 2.14. The van der Waals surface area contributed by atoms with E-state index in [9.17, 15) is 9.18 Å². The van der Waals surface area contributed by atoms with Gasteiger partial charge in [-0.2, -0.15) is 0 Å². The van der Waals surface area contributed by atoms with Gasteiger partial charge in [-0.3, -0.25) is 5.01 Å². The SMILES string of the molecule is N/C=C(/c1ccc(C(=O)O)cc1)N(N)c1ccc2[nH]c3ccc(F)cc3c2c1. The Morgan fingerprint density at radius 2 is 1.57 bits per heavy atom. The Labute approximate surface area is 159 Å². The predicted octanol–water partition coefficient (Wildman–Crippen LogP) is 3.80. The van der Waals surface area contributed by atoms with Gasteiger partial charge in [0.2, 0.25) is 0 Å². The third kappa shape index (κ3) is 2.93. The second kappa shape index (κ2) is 6.71. The number of nitrogens with one attached hydrogen (secondary N) is 1. The Balaban J connectivity index is 1.76. The van der Waals surface area contributed by atoms with Crippen molar-refractivity contribution in [2.75, 3.05) is 5.01 Å². The topological polar surface area (TPSA) is 108 Å². The fourth-order valence-electron chi connectivity index (χ4n) is 3.25. The zero-order chi connectivity index (χ0) is 19.8. The summed E-state index contributed by atoms with van der Waals surface area (Å²) < 4.78 is 13.7. The Morgan fingerprint density at radius 1 is 0.964 bits per heavy atom. The van der Waals surface area contributed by atoms with Gasteiger partial charge in [-0.05, 0) is 48.5 Å². The highest BCUT2D eigenvalue weighted by atomic mass is 19.1. The summed E-state index contributed by atoms with van der Waals surface area (Å²) in [5.74, 6) is 4.97. The Hall–Kier alpha value is -3.84. The Bertz CT molecular complexity index is 1230. The van der Waals surface area contributed by atoms with E-state index in [0.717, 1.165) is 21.8 Å². The van der Waals surface area contributed by atoms with Gasteiger partial charge in [-0.25, -0.2) is 15.0 Å². The summed E-state index contributed by atoms with van der Waals surface area (Å²) in [5.41, 5.74) is 9.47. The van der Waals surface area contributed by atoms with Crippen molar-refractivity contribution in [1.82, 2.24) is 4.98 Å². The number of aromatic carboxylic acids is 1. The van der Waals surface area contributed by atoms with E-state index in [1.807, 2.05) is 18.2 Å². The minimum atomic E-state index is -1.01. The normalized spacial score (nSPS) is 11.9. The molecule has 0 radical (unpaired) electrons. The summed E-state index contributed by atoms with van der Waals surface area (Å²) in [7, 11) is 0. The maximum absolute atomic E-state index is 13.7. The zero-order valence-electron chi connectivity index (χ0n) is 14.7. The van der Waals surface area contributed by atoms with E-state index in [1.165, 1.54) is 35.5 Å². The van der Waals surface area contributed by atoms with Crippen LogP contribution in [0.1, 0.15) is 15.9 Å². The number of aromatic nitrogens is 1. The fourth-order valence-corrected chi connectivity index (χ4v) is 3.25. The molecular formula is C21H17FN4O2. The van der Waals surface area contributed by atoms with Gasteiger partial charge < -0.3 is 15.8 Å². The van der Waals surface area contributed by atoms with Crippen LogP contribution in [0.5, 0.6) is 0 Å². The molecule has 7 heteroatoms. The molecule has 0 atom stereocenters. The number of hydrogen-bond acceptors (Lipinski definition) is 4. The first kappa shape index (κ1) is 17.6. The molecule has 4 rings (SSSR count). The first-order valence-electron chi connectivity index (χ1n) is 8.49. The number of carboxylic acid groups (broad SMARTS) is 1. The van der Waals surface area contributed by atoms with E-state index in [4.69, 9.17) is 16.7 Å². The van der Waals surface area contributed by atoms with Crippen molar-refractivity contribution in [2.24, 2.45) is 11.6 Å². The third-order valence-electron chi connectivity index (χ3n) is 4.67. The number of benzene rings is 3. The number of aromatic amines is 1. The van der Waals surface area contributed by atoms with Crippen LogP contribution in [0.4, 0.5) is 10.1 Å². The van der Waals surface area contributed by atoms with E-state index in [2.05, 4.69) is 4.98 Å². The van der Waals surface area contributed by atoms with Gasteiger partial charge in [-0.1, -0.05) is 12.1 Å². The molecule has 0 unspecified atom stereocenters. The number of hydrazine groups is 1. The summed E-state index contributed by atoms with van der Waals surface area (Å²) in [6.07, 6.45) is 1.36. The Morgan fingerprint density at radius 3 is 2.21 bits per heavy atom. The molecule has 3 aromatic carbocycles. The molecule has 6 N–H and O–H groups in total. The number of carboxylic acids is 1. The van der Waals surface area contributed by atoms with Crippen LogP contribution in [0, 0.1) is 5.82 Å².